The van der Waals surface area contributed by atoms with Gasteiger partial charge in [0, 0.05) is 30.7 Å². The molecule has 0 N–H and O–H groups in total. The molecule has 10 nitrogen and oxygen atoms in total. The Kier molecular flexibility index (Phi) is 5.22. The van der Waals surface area contributed by atoms with Crippen LogP contribution in [0.25, 0.3) is 22.1 Å². The lowest BCUT2D eigenvalue weighted by molar-refractivity contribution is 0.210. The van der Waals surface area contributed by atoms with E-state index >= 15 is 0 Å². The molecule has 0 bridgehead atoms. The molecule has 0 spiro atoms. The summed E-state index contributed by atoms with van der Waals surface area (Å²) in [5.41, 5.74) is 2.75. The zero-order valence-electron chi connectivity index (χ0n) is 19.5. The highest BCUT2D eigenvalue weighted by Crippen LogP contribution is 2.42. The van der Waals surface area contributed by atoms with E-state index in [2.05, 4.69) is 16.0 Å². The fraction of sp³-hybridized carbons (Fsp3) is 0.375. The van der Waals surface area contributed by atoms with Gasteiger partial charge < -0.3 is 4.57 Å². The number of nitriles is 1. The summed E-state index contributed by atoms with van der Waals surface area (Å²) < 4.78 is 56.5. The molecule has 0 unspecified atom stereocenters. The van der Waals surface area contributed by atoms with Crippen molar-refractivity contribution in [3.05, 3.63) is 54.6 Å². The lowest BCUT2D eigenvalue weighted by atomic mass is 9.81. The molecule has 4 heterocycles. The van der Waals surface area contributed by atoms with Crippen molar-refractivity contribution in [2.75, 3.05) is 18.8 Å². The van der Waals surface area contributed by atoms with E-state index in [9.17, 15) is 16.8 Å². The van der Waals surface area contributed by atoms with E-state index in [0.717, 1.165) is 11.1 Å². The summed E-state index contributed by atoms with van der Waals surface area (Å²) in [4.78, 5) is 9.06. The zero-order valence-corrected chi connectivity index (χ0v) is 21.2. The minimum Gasteiger partial charge on any atom is -0.327 e. The van der Waals surface area contributed by atoms with Gasteiger partial charge in [0.15, 0.2) is 5.65 Å². The normalized spacial score (nSPS) is 21.3. The molecule has 0 amide bonds. The Bertz CT molecular complexity index is 1740. The van der Waals surface area contributed by atoms with Gasteiger partial charge in [-0.15, -0.1) is 0 Å². The molecule has 1 aromatic carbocycles. The monoisotopic (exact) mass is 524 g/mol. The Morgan fingerprint density at radius 2 is 1.78 bits per heavy atom. The van der Waals surface area contributed by atoms with E-state index in [1.165, 1.54) is 14.5 Å². The number of benzene rings is 1. The molecule has 1 saturated carbocycles. The van der Waals surface area contributed by atoms with Crippen LogP contribution in [0.3, 0.4) is 0 Å². The van der Waals surface area contributed by atoms with Crippen molar-refractivity contribution in [1.82, 2.24) is 22.8 Å². The maximum absolute atomic E-state index is 13.3. The predicted molar refractivity (Wildman–Crippen MR) is 133 cm³/mol. The molecule has 36 heavy (non-hydrogen) atoms. The SMILES string of the molecule is Cc1ccc(S(=O)(=O)n2ccc3c4c(cnc32)ncn4C2CC(CS(=O)(=O)N3CC(C#N)C3)C2)cc1. The van der Waals surface area contributed by atoms with Gasteiger partial charge in [-0.3, -0.25) is 0 Å². The maximum Gasteiger partial charge on any atom is 0.269 e. The molecule has 4 aromatic rings. The van der Waals surface area contributed by atoms with E-state index < -0.39 is 20.0 Å². The first-order valence-electron chi connectivity index (χ1n) is 11.7. The quantitative estimate of drug-likeness (QED) is 0.379. The van der Waals surface area contributed by atoms with Crippen LogP contribution in [0.1, 0.15) is 24.4 Å². The van der Waals surface area contributed by atoms with Gasteiger partial charge in [-0.05, 0) is 43.9 Å². The number of sulfonamides is 1. The van der Waals surface area contributed by atoms with Gasteiger partial charge in [-0.25, -0.2) is 30.8 Å². The van der Waals surface area contributed by atoms with Crippen LogP contribution in [0.4, 0.5) is 0 Å². The van der Waals surface area contributed by atoms with Crippen molar-refractivity contribution in [2.45, 2.75) is 30.7 Å². The van der Waals surface area contributed by atoms with Crippen LogP contribution in [0.5, 0.6) is 0 Å². The highest BCUT2D eigenvalue weighted by atomic mass is 32.2. The van der Waals surface area contributed by atoms with Crippen molar-refractivity contribution in [2.24, 2.45) is 11.8 Å². The summed E-state index contributed by atoms with van der Waals surface area (Å²) >= 11 is 0. The molecular formula is C24H24N6O4S2. The minimum absolute atomic E-state index is 0.0300. The topological polar surface area (TPSA) is 131 Å². The van der Waals surface area contributed by atoms with Crippen molar-refractivity contribution in [3.63, 3.8) is 0 Å². The lowest BCUT2D eigenvalue weighted by Gasteiger charge is -2.40. The third-order valence-electron chi connectivity index (χ3n) is 7.26. The largest absolute Gasteiger partial charge is 0.327 e. The Labute approximate surface area is 208 Å². The Hall–Kier alpha value is -3.27. The highest BCUT2D eigenvalue weighted by Gasteiger charge is 2.41. The second kappa shape index (κ2) is 8.12. The van der Waals surface area contributed by atoms with Crippen molar-refractivity contribution < 1.29 is 16.8 Å². The minimum atomic E-state index is -3.82. The van der Waals surface area contributed by atoms with Crippen LogP contribution >= 0.6 is 0 Å². The molecule has 2 aliphatic rings. The van der Waals surface area contributed by atoms with Crippen molar-refractivity contribution >= 4 is 42.1 Å². The molecule has 1 aliphatic heterocycles. The van der Waals surface area contributed by atoms with Gasteiger partial charge in [-0.1, -0.05) is 17.7 Å². The number of pyridine rings is 1. The molecule has 3 aromatic heterocycles. The molecule has 6 rings (SSSR count). The van der Waals surface area contributed by atoms with Gasteiger partial charge in [0.05, 0.1) is 40.7 Å². The summed E-state index contributed by atoms with van der Waals surface area (Å²) in [6.45, 7) is 2.47. The maximum atomic E-state index is 13.3. The Morgan fingerprint density at radius 3 is 2.47 bits per heavy atom. The number of hydrogen-bond donors (Lipinski definition) is 0. The molecule has 1 saturated heterocycles. The average Bonchev–Trinajstić information content (AvgIpc) is 3.39. The number of imidazole rings is 1. The van der Waals surface area contributed by atoms with Gasteiger partial charge in [0.25, 0.3) is 10.0 Å². The summed E-state index contributed by atoms with van der Waals surface area (Å²) in [6, 6.07) is 10.6. The van der Waals surface area contributed by atoms with Crippen LogP contribution in [-0.4, -0.2) is 58.5 Å². The van der Waals surface area contributed by atoms with Crippen LogP contribution in [0.2, 0.25) is 0 Å². The fourth-order valence-electron chi connectivity index (χ4n) is 5.10. The van der Waals surface area contributed by atoms with Crippen LogP contribution in [0.15, 0.2) is 53.9 Å². The van der Waals surface area contributed by atoms with Crippen LogP contribution < -0.4 is 0 Å². The zero-order chi connectivity index (χ0) is 25.2. The van der Waals surface area contributed by atoms with E-state index in [4.69, 9.17) is 5.26 Å². The first-order chi connectivity index (χ1) is 17.2. The number of fused-ring (bicyclic) bond motifs is 3. The Balaban J connectivity index is 1.27. The molecule has 1 aliphatic carbocycles. The first-order valence-corrected chi connectivity index (χ1v) is 14.7. The first kappa shape index (κ1) is 23.1. The van der Waals surface area contributed by atoms with Crippen LogP contribution in [0, 0.1) is 30.1 Å². The smallest absolute Gasteiger partial charge is 0.269 e. The van der Waals surface area contributed by atoms with Gasteiger partial charge >= 0.3 is 0 Å². The second-order valence-corrected chi connectivity index (χ2v) is 13.6. The fourth-order valence-corrected chi connectivity index (χ4v) is 8.29. The van der Waals surface area contributed by atoms with E-state index in [1.54, 1.807) is 42.9 Å². The van der Waals surface area contributed by atoms with Crippen LogP contribution in [-0.2, 0) is 20.0 Å². The molecule has 0 radical (unpaired) electrons. The van der Waals surface area contributed by atoms with E-state index in [1.807, 2.05) is 11.5 Å². The van der Waals surface area contributed by atoms with E-state index in [0.29, 0.717) is 29.4 Å². The molecule has 12 heteroatoms. The van der Waals surface area contributed by atoms with Gasteiger partial charge in [-0.2, -0.15) is 9.57 Å². The predicted octanol–water partition coefficient (Wildman–Crippen LogP) is 2.67. The number of nitrogens with zero attached hydrogens (tertiary/aromatic N) is 6. The molecule has 2 fully saturated rings. The van der Waals surface area contributed by atoms with E-state index in [-0.39, 0.29) is 41.6 Å². The van der Waals surface area contributed by atoms with Crippen molar-refractivity contribution in [3.8, 4) is 6.07 Å². The van der Waals surface area contributed by atoms with Gasteiger partial charge in [0.2, 0.25) is 10.0 Å². The summed E-state index contributed by atoms with van der Waals surface area (Å²) in [5.74, 6) is -0.0945. The van der Waals surface area contributed by atoms with Gasteiger partial charge in [0.1, 0.15) is 5.52 Å². The lowest BCUT2D eigenvalue weighted by Crippen LogP contribution is -2.51. The third-order valence-corrected chi connectivity index (χ3v) is 10.9. The standard InChI is InChI=1S/C24H24N6O4S2/c1-16-2-4-20(5-3-16)36(33,34)30-7-6-21-23-22(11-26-24(21)30)27-15-29(23)19-8-17(9-19)14-35(31,32)28-12-18(10-25)13-28/h2-7,11,15,17-19H,8-9,12-14H2,1H3. The molecular weight excluding hydrogens is 500 g/mol. The number of aromatic nitrogens is 4. The molecule has 0 atom stereocenters. The highest BCUT2D eigenvalue weighted by molar-refractivity contribution is 7.90. The number of aryl methyl sites for hydroxylation is 1. The third kappa shape index (κ3) is 3.61. The van der Waals surface area contributed by atoms with Crippen molar-refractivity contribution in [1.29, 1.82) is 5.26 Å². The second-order valence-electron chi connectivity index (χ2n) is 9.72. The average molecular weight is 525 g/mol. The summed E-state index contributed by atoms with van der Waals surface area (Å²) in [5, 5.41) is 9.59. The summed E-state index contributed by atoms with van der Waals surface area (Å²) in [7, 11) is -7.18. The Morgan fingerprint density at radius 1 is 1.06 bits per heavy atom. The molecule has 186 valence electrons. The number of hydrogen-bond acceptors (Lipinski definition) is 7. The summed E-state index contributed by atoms with van der Waals surface area (Å²) in [6.07, 6.45) is 6.19. The number of rotatable bonds is 6.